The predicted octanol–water partition coefficient (Wildman–Crippen LogP) is 4.64. The molecule has 0 bridgehead atoms. The zero-order valence-corrected chi connectivity index (χ0v) is 22.0. The summed E-state index contributed by atoms with van der Waals surface area (Å²) in [7, 11) is 0. The molecule has 1 N–H and O–H groups in total. The highest BCUT2D eigenvalue weighted by Crippen LogP contribution is 2.32. The number of hydrogen-bond acceptors (Lipinski definition) is 8. The molecule has 10 nitrogen and oxygen atoms in total. The SMILES string of the molecule is CC1OC(c2ccccc2)=NC1CCOc1cccc(CN(CC(=O)O)C(=O)OCc2ccc3c(c2)OCO3)c1. The number of benzene rings is 3. The van der Waals surface area contributed by atoms with Gasteiger partial charge < -0.3 is 28.8 Å². The Hall–Kier alpha value is -4.73. The monoisotopic (exact) mass is 546 g/mol. The fourth-order valence-electron chi connectivity index (χ4n) is 4.43. The number of hydrogen-bond donors (Lipinski definition) is 1. The number of carboxylic acids is 1. The van der Waals surface area contributed by atoms with Crippen LogP contribution in [0.2, 0.25) is 0 Å². The minimum Gasteiger partial charge on any atom is -0.494 e. The maximum Gasteiger partial charge on any atom is 0.410 e. The summed E-state index contributed by atoms with van der Waals surface area (Å²) in [6.45, 7) is 2.06. The van der Waals surface area contributed by atoms with Gasteiger partial charge in [-0.05, 0) is 54.4 Å². The molecule has 2 unspecified atom stereocenters. The summed E-state index contributed by atoms with van der Waals surface area (Å²) >= 11 is 0. The molecular weight excluding hydrogens is 516 g/mol. The van der Waals surface area contributed by atoms with Gasteiger partial charge in [0.25, 0.3) is 0 Å². The zero-order chi connectivity index (χ0) is 27.9. The van der Waals surface area contributed by atoms with E-state index in [-0.39, 0.29) is 32.1 Å². The molecule has 2 aliphatic rings. The van der Waals surface area contributed by atoms with Crippen molar-refractivity contribution in [1.82, 2.24) is 4.90 Å². The second-order valence-electron chi connectivity index (χ2n) is 9.47. The first-order valence-corrected chi connectivity index (χ1v) is 13.0. The van der Waals surface area contributed by atoms with Crippen molar-refractivity contribution in [3.05, 3.63) is 89.5 Å². The lowest BCUT2D eigenvalue weighted by atomic mass is 10.1. The fraction of sp³-hybridized carbons (Fsp3) is 0.300. The van der Waals surface area contributed by atoms with Gasteiger partial charge in [0.2, 0.25) is 12.7 Å². The van der Waals surface area contributed by atoms with E-state index < -0.39 is 18.6 Å². The third kappa shape index (κ3) is 6.82. The Kier molecular flexibility index (Phi) is 8.34. The number of ether oxygens (including phenoxy) is 5. The topological polar surface area (TPSA) is 116 Å². The van der Waals surface area contributed by atoms with Gasteiger partial charge in [0.15, 0.2) is 11.5 Å². The van der Waals surface area contributed by atoms with Crippen molar-refractivity contribution in [3.63, 3.8) is 0 Å². The van der Waals surface area contributed by atoms with E-state index in [1.54, 1.807) is 36.4 Å². The van der Waals surface area contributed by atoms with Crippen LogP contribution in [0.3, 0.4) is 0 Å². The third-order valence-corrected chi connectivity index (χ3v) is 6.48. The lowest BCUT2D eigenvalue weighted by molar-refractivity contribution is -0.138. The van der Waals surface area contributed by atoms with Crippen molar-refractivity contribution < 1.29 is 38.4 Å². The summed E-state index contributed by atoms with van der Waals surface area (Å²) < 4.78 is 27.9. The highest BCUT2D eigenvalue weighted by molar-refractivity contribution is 5.95. The first-order chi connectivity index (χ1) is 19.4. The van der Waals surface area contributed by atoms with Crippen LogP contribution in [0, 0.1) is 0 Å². The van der Waals surface area contributed by atoms with Gasteiger partial charge in [0, 0.05) is 18.5 Å². The number of aliphatic imine (C=N–C) groups is 1. The van der Waals surface area contributed by atoms with Gasteiger partial charge in [0.1, 0.15) is 25.0 Å². The van der Waals surface area contributed by atoms with Crippen LogP contribution in [0.25, 0.3) is 0 Å². The van der Waals surface area contributed by atoms with Crippen LogP contribution in [-0.4, -0.2) is 60.1 Å². The third-order valence-electron chi connectivity index (χ3n) is 6.48. The molecule has 3 aromatic rings. The van der Waals surface area contributed by atoms with Gasteiger partial charge in [0.05, 0.1) is 12.6 Å². The fourth-order valence-corrected chi connectivity index (χ4v) is 4.43. The number of carboxylic acid groups (broad SMARTS) is 1. The molecule has 0 fully saturated rings. The maximum atomic E-state index is 12.8. The minimum atomic E-state index is -1.14. The summed E-state index contributed by atoms with van der Waals surface area (Å²) in [6.07, 6.45) is -0.133. The van der Waals surface area contributed by atoms with Crippen LogP contribution < -0.4 is 14.2 Å². The molecule has 2 aliphatic heterocycles. The lowest BCUT2D eigenvalue weighted by Gasteiger charge is -2.21. The molecule has 2 atom stereocenters. The second-order valence-corrected chi connectivity index (χ2v) is 9.47. The largest absolute Gasteiger partial charge is 0.494 e. The number of amides is 1. The first kappa shape index (κ1) is 26.9. The molecule has 40 heavy (non-hydrogen) atoms. The van der Waals surface area contributed by atoms with Crippen molar-refractivity contribution in [2.24, 2.45) is 4.99 Å². The average molecular weight is 547 g/mol. The number of carbonyl (C=O) groups excluding carboxylic acids is 1. The molecule has 0 spiro atoms. The van der Waals surface area contributed by atoms with E-state index >= 15 is 0 Å². The zero-order valence-electron chi connectivity index (χ0n) is 22.0. The Balaban J connectivity index is 1.15. The summed E-state index contributed by atoms with van der Waals surface area (Å²) in [4.78, 5) is 30.1. The Labute approximate surface area is 231 Å². The van der Waals surface area contributed by atoms with E-state index in [0.717, 1.165) is 10.5 Å². The average Bonchev–Trinajstić information content (AvgIpc) is 3.58. The first-order valence-electron chi connectivity index (χ1n) is 13.0. The predicted molar refractivity (Wildman–Crippen MR) is 145 cm³/mol. The standard InChI is InChI=1S/C30H30N2O8/c1-20-25(31-29(40-20)23-7-3-2-4-8-23)12-13-36-24-9-5-6-21(14-24)16-32(17-28(33)34)30(35)37-18-22-10-11-26-27(15-22)39-19-38-26/h2-11,14-15,20,25H,12-13,16-19H2,1H3,(H,33,34). The summed E-state index contributed by atoms with van der Waals surface area (Å²) in [5.74, 6) is 1.31. The molecule has 0 saturated heterocycles. The van der Waals surface area contributed by atoms with E-state index in [9.17, 15) is 14.7 Å². The smallest absolute Gasteiger partial charge is 0.410 e. The van der Waals surface area contributed by atoms with Gasteiger partial charge in [-0.3, -0.25) is 9.69 Å². The van der Waals surface area contributed by atoms with Crippen molar-refractivity contribution in [3.8, 4) is 17.2 Å². The minimum absolute atomic E-state index is 0.0241. The van der Waals surface area contributed by atoms with Crippen molar-refractivity contribution >= 4 is 18.0 Å². The highest BCUT2D eigenvalue weighted by atomic mass is 16.7. The van der Waals surface area contributed by atoms with E-state index in [2.05, 4.69) is 0 Å². The van der Waals surface area contributed by atoms with E-state index in [1.807, 2.05) is 43.3 Å². The van der Waals surface area contributed by atoms with Crippen molar-refractivity contribution in [2.75, 3.05) is 19.9 Å². The lowest BCUT2D eigenvalue weighted by Crippen LogP contribution is -2.35. The van der Waals surface area contributed by atoms with Gasteiger partial charge in [-0.2, -0.15) is 0 Å². The van der Waals surface area contributed by atoms with E-state index in [1.165, 1.54) is 0 Å². The van der Waals surface area contributed by atoms with Gasteiger partial charge in [-0.15, -0.1) is 0 Å². The molecule has 10 heteroatoms. The van der Waals surface area contributed by atoms with Crippen LogP contribution in [0.15, 0.2) is 77.8 Å². The quantitative estimate of drug-likeness (QED) is 0.370. The van der Waals surface area contributed by atoms with Crippen LogP contribution in [-0.2, 0) is 27.4 Å². The van der Waals surface area contributed by atoms with Gasteiger partial charge in [-0.1, -0.05) is 36.4 Å². The molecule has 2 heterocycles. The molecule has 0 aliphatic carbocycles. The van der Waals surface area contributed by atoms with E-state index in [0.29, 0.717) is 47.3 Å². The van der Waals surface area contributed by atoms with Crippen molar-refractivity contribution in [2.45, 2.75) is 38.6 Å². The number of rotatable bonds is 11. The van der Waals surface area contributed by atoms with Crippen LogP contribution in [0.1, 0.15) is 30.0 Å². The Bertz CT molecular complexity index is 1380. The number of aliphatic carboxylic acids is 1. The second kappa shape index (κ2) is 12.4. The molecule has 3 aromatic carbocycles. The van der Waals surface area contributed by atoms with Crippen molar-refractivity contribution in [1.29, 1.82) is 0 Å². The van der Waals surface area contributed by atoms with Gasteiger partial charge in [-0.25, -0.2) is 9.79 Å². The summed E-state index contributed by atoms with van der Waals surface area (Å²) in [5, 5.41) is 9.36. The summed E-state index contributed by atoms with van der Waals surface area (Å²) in [5.41, 5.74) is 2.36. The number of fused-ring (bicyclic) bond motifs is 1. The van der Waals surface area contributed by atoms with Crippen LogP contribution >= 0.6 is 0 Å². The highest BCUT2D eigenvalue weighted by Gasteiger charge is 2.27. The molecule has 0 aromatic heterocycles. The van der Waals surface area contributed by atoms with E-state index in [4.69, 9.17) is 28.7 Å². The molecule has 0 radical (unpaired) electrons. The molecular formula is C30H30N2O8. The van der Waals surface area contributed by atoms with Crippen LogP contribution in [0.4, 0.5) is 4.79 Å². The molecule has 1 amide bonds. The normalized spacial score (nSPS) is 17.1. The Morgan fingerprint density at radius 2 is 1.82 bits per heavy atom. The van der Waals surface area contributed by atoms with Crippen LogP contribution in [0.5, 0.6) is 17.2 Å². The Morgan fingerprint density at radius 3 is 2.65 bits per heavy atom. The number of nitrogens with zero attached hydrogens (tertiary/aromatic N) is 2. The van der Waals surface area contributed by atoms with Gasteiger partial charge >= 0.3 is 12.1 Å². The molecule has 208 valence electrons. The molecule has 0 saturated carbocycles. The summed E-state index contributed by atoms with van der Waals surface area (Å²) in [6, 6.07) is 22.2. The molecule has 5 rings (SSSR count). The number of carbonyl (C=O) groups is 2. The Morgan fingerprint density at radius 1 is 1.00 bits per heavy atom. The maximum absolute atomic E-state index is 12.8.